The van der Waals surface area contributed by atoms with E-state index in [9.17, 15) is 0 Å². The second kappa shape index (κ2) is 5.06. The maximum Gasteiger partial charge on any atom is 0.122 e. The first-order valence-electron chi connectivity index (χ1n) is 6.18. The van der Waals surface area contributed by atoms with Gasteiger partial charge in [-0.2, -0.15) is 11.3 Å². The molecule has 1 aliphatic heterocycles. The topological polar surface area (TPSA) is 9.23 Å². The van der Waals surface area contributed by atoms with E-state index in [0.29, 0.717) is 0 Å². The minimum Gasteiger partial charge on any atom is -0.493 e. The Morgan fingerprint density at radius 1 is 1.33 bits per heavy atom. The number of thiophene rings is 1. The lowest BCUT2D eigenvalue weighted by Gasteiger charge is -2.19. The zero-order valence-electron chi connectivity index (χ0n) is 10.3. The van der Waals surface area contributed by atoms with Crippen molar-refractivity contribution in [2.45, 2.75) is 24.6 Å². The summed E-state index contributed by atoms with van der Waals surface area (Å²) in [6.45, 7) is 3.02. The Bertz CT molecular complexity index is 561. The summed E-state index contributed by atoms with van der Waals surface area (Å²) in [6, 6.07) is 6.56. The van der Waals surface area contributed by atoms with Gasteiger partial charge in [0, 0.05) is 0 Å². The quantitative estimate of drug-likeness (QED) is 0.717. The normalized spacial score (nSPS) is 15.9. The van der Waals surface area contributed by atoms with Gasteiger partial charge < -0.3 is 4.74 Å². The highest BCUT2D eigenvalue weighted by Gasteiger charge is 2.17. The van der Waals surface area contributed by atoms with E-state index in [-0.39, 0.29) is 4.83 Å². The number of alkyl halides is 1. The first-order valence-corrected chi connectivity index (χ1v) is 8.04. The maximum atomic E-state index is 5.66. The number of ether oxygens (including phenoxy) is 1. The van der Waals surface area contributed by atoms with Crippen LogP contribution in [0.5, 0.6) is 5.75 Å². The Balaban J connectivity index is 1.95. The van der Waals surface area contributed by atoms with Gasteiger partial charge in [-0.3, -0.25) is 0 Å². The van der Waals surface area contributed by atoms with Gasteiger partial charge in [-0.25, -0.2) is 0 Å². The third kappa shape index (κ3) is 2.21. The molecule has 0 spiro atoms. The Kier molecular flexibility index (Phi) is 3.44. The first kappa shape index (κ1) is 12.2. The van der Waals surface area contributed by atoms with Crippen molar-refractivity contribution in [3.63, 3.8) is 0 Å². The molecule has 0 amide bonds. The molecule has 1 aliphatic rings. The molecule has 1 nitrogen and oxygen atoms in total. The zero-order valence-corrected chi connectivity index (χ0v) is 12.7. The van der Waals surface area contributed by atoms with Gasteiger partial charge in [-0.15, -0.1) is 0 Å². The van der Waals surface area contributed by atoms with E-state index in [1.807, 2.05) is 0 Å². The molecule has 1 aromatic carbocycles. The molecular weight excluding hydrogens is 308 g/mol. The van der Waals surface area contributed by atoms with Crippen molar-refractivity contribution in [3.8, 4) is 5.75 Å². The van der Waals surface area contributed by atoms with Gasteiger partial charge in [0.1, 0.15) is 5.75 Å². The molecule has 0 aliphatic carbocycles. The summed E-state index contributed by atoms with van der Waals surface area (Å²) in [7, 11) is 0. The number of hydrogen-bond acceptors (Lipinski definition) is 2. The molecule has 3 heteroatoms. The fraction of sp³-hybridized carbons (Fsp3) is 0.333. The molecular formula is C15H15BrOS. The van der Waals surface area contributed by atoms with Crippen molar-refractivity contribution < 1.29 is 4.74 Å². The van der Waals surface area contributed by atoms with Crippen LogP contribution in [0.1, 0.15) is 33.5 Å². The zero-order chi connectivity index (χ0) is 12.5. The lowest BCUT2D eigenvalue weighted by molar-refractivity contribution is 0.288. The number of rotatable bonds is 2. The van der Waals surface area contributed by atoms with Crippen LogP contribution in [0.3, 0.4) is 0 Å². The van der Waals surface area contributed by atoms with E-state index < -0.39 is 0 Å². The van der Waals surface area contributed by atoms with Gasteiger partial charge >= 0.3 is 0 Å². The summed E-state index contributed by atoms with van der Waals surface area (Å²) in [5.41, 5.74) is 5.39. The lowest BCUT2D eigenvalue weighted by atomic mass is 9.99. The molecule has 94 valence electrons. The van der Waals surface area contributed by atoms with E-state index in [2.05, 4.69) is 51.8 Å². The SMILES string of the molecule is Cc1cscc1C(Br)c1ccc2c(c1)CCCO2. The Labute approximate surface area is 120 Å². The van der Waals surface area contributed by atoms with Crippen LogP contribution in [-0.4, -0.2) is 6.61 Å². The van der Waals surface area contributed by atoms with E-state index in [1.54, 1.807) is 11.3 Å². The highest BCUT2D eigenvalue weighted by molar-refractivity contribution is 9.09. The van der Waals surface area contributed by atoms with E-state index in [0.717, 1.165) is 25.2 Å². The van der Waals surface area contributed by atoms with Crippen LogP contribution in [0.2, 0.25) is 0 Å². The number of fused-ring (bicyclic) bond motifs is 1. The minimum atomic E-state index is 0.288. The average molecular weight is 323 g/mol. The van der Waals surface area contributed by atoms with Crippen LogP contribution in [0.15, 0.2) is 29.0 Å². The summed E-state index contributed by atoms with van der Waals surface area (Å²) >= 11 is 5.58. The van der Waals surface area contributed by atoms with Crippen molar-refractivity contribution in [2.24, 2.45) is 0 Å². The second-order valence-electron chi connectivity index (χ2n) is 4.69. The predicted octanol–water partition coefficient (Wildman–Crippen LogP) is 4.87. The molecule has 0 bridgehead atoms. The van der Waals surface area contributed by atoms with Crippen LogP contribution in [0.4, 0.5) is 0 Å². The van der Waals surface area contributed by atoms with Gasteiger partial charge in [-0.05, 0) is 58.8 Å². The van der Waals surface area contributed by atoms with Crippen molar-refractivity contribution in [1.29, 1.82) is 0 Å². The van der Waals surface area contributed by atoms with Crippen LogP contribution in [0.25, 0.3) is 0 Å². The number of halogens is 1. The largest absolute Gasteiger partial charge is 0.493 e. The minimum absolute atomic E-state index is 0.288. The van der Waals surface area contributed by atoms with E-state index >= 15 is 0 Å². The molecule has 2 aromatic rings. The highest BCUT2D eigenvalue weighted by atomic mass is 79.9. The third-order valence-electron chi connectivity index (χ3n) is 3.39. The predicted molar refractivity (Wildman–Crippen MR) is 80.1 cm³/mol. The number of aryl methyl sites for hydroxylation is 2. The van der Waals surface area contributed by atoms with Crippen molar-refractivity contribution in [2.75, 3.05) is 6.61 Å². The first-order chi connectivity index (χ1) is 8.75. The molecule has 2 heterocycles. The Morgan fingerprint density at radius 3 is 3.00 bits per heavy atom. The smallest absolute Gasteiger partial charge is 0.122 e. The molecule has 0 saturated carbocycles. The van der Waals surface area contributed by atoms with Gasteiger partial charge in [0.25, 0.3) is 0 Å². The van der Waals surface area contributed by atoms with Gasteiger partial charge in [-0.1, -0.05) is 28.1 Å². The molecule has 18 heavy (non-hydrogen) atoms. The van der Waals surface area contributed by atoms with Gasteiger partial charge in [0.05, 0.1) is 11.4 Å². The molecule has 1 atom stereocenters. The fourth-order valence-corrected chi connectivity index (χ4v) is 4.18. The number of benzene rings is 1. The monoisotopic (exact) mass is 322 g/mol. The Hall–Kier alpha value is -0.800. The molecule has 0 saturated heterocycles. The summed E-state index contributed by atoms with van der Waals surface area (Å²) < 4.78 is 5.66. The van der Waals surface area contributed by atoms with Crippen LogP contribution >= 0.6 is 27.3 Å². The second-order valence-corrected chi connectivity index (χ2v) is 6.35. The molecule has 1 unspecified atom stereocenters. The lowest BCUT2D eigenvalue weighted by Crippen LogP contribution is -2.08. The number of hydrogen-bond donors (Lipinski definition) is 0. The van der Waals surface area contributed by atoms with Crippen molar-refractivity contribution in [3.05, 3.63) is 51.2 Å². The summed E-state index contributed by atoms with van der Waals surface area (Å²) in [4.78, 5) is 0.288. The standard InChI is InChI=1S/C15H15BrOS/c1-10-8-18-9-13(10)15(16)12-4-5-14-11(7-12)3-2-6-17-14/h4-5,7-9,15H,2-3,6H2,1H3. The molecule has 0 fully saturated rings. The van der Waals surface area contributed by atoms with E-state index in [1.165, 1.54) is 22.3 Å². The molecule has 0 N–H and O–H groups in total. The maximum absolute atomic E-state index is 5.66. The van der Waals surface area contributed by atoms with Crippen LogP contribution in [0, 0.1) is 6.92 Å². The molecule has 1 aromatic heterocycles. The van der Waals surface area contributed by atoms with Crippen molar-refractivity contribution in [1.82, 2.24) is 0 Å². The molecule has 3 rings (SSSR count). The van der Waals surface area contributed by atoms with Crippen LogP contribution in [-0.2, 0) is 6.42 Å². The van der Waals surface area contributed by atoms with E-state index in [4.69, 9.17) is 4.74 Å². The third-order valence-corrected chi connectivity index (χ3v) is 5.30. The molecule has 0 radical (unpaired) electrons. The highest BCUT2D eigenvalue weighted by Crippen LogP contribution is 2.37. The summed E-state index contributed by atoms with van der Waals surface area (Å²) in [5, 5.41) is 4.43. The van der Waals surface area contributed by atoms with Crippen molar-refractivity contribution >= 4 is 27.3 Å². The fourth-order valence-electron chi connectivity index (χ4n) is 2.35. The van der Waals surface area contributed by atoms with Gasteiger partial charge in [0.2, 0.25) is 0 Å². The summed E-state index contributed by atoms with van der Waals surface area (Å²) in [6.07, 6.45) is 2.26. The van der Waals surface area contributed by atoms with Gasteiger partial charge in [0.15, 0.2) is 0 Å². The van der Waals surface area contributed by atoms with Crippen LogP contribution < -0.4 is 4.74 Å². The average Bonchev–Trinajstić information content (AvgIpc) is 2.83. The Morgan fingerprint density at radius 2 is 2.22 bits per heavy atom. The summed E-state index contributed by atoms with van der Waals surface area (Å²) in [5.74, 6) is 1.06.